The van der Waals surface area contributed by atoms with Gasteiger partial charge >= 0.3 is 0 Å². The molecule has 2 aromatic rings. The average molecular weight is 241 g/mol. The third-order valence-corrected chi connectivity index (χ3v) is 2.95. The highest BCUT2D eigenvalue weighted by atomic mass is 16.6. The zero-order valence-electron chi connectivity index (χ0n) is 10.2. The van der Waals surface area contributed by atoms with Crippen molar-refractivity contribution >= 4 is 0 Å². The molecule has 3 heteroatoms. The number of rotatable bonds is 4. The lowest BCUT2D eigenvalue weighted by molar-refractivity contribution is -0.528. The summed E-state index contributed by atoms with van der Waals surface area (Å²) in [6.07, 6.45) is 0.429. The summed E-state index contributed by atoms with van der Waals surface area (Å²) < 4.78 is 0. The fourth-order valence-corrected chi connectivity index (χ4v) is 2.05. The summed E-state index contributed by atoms with van der Waals surface area (Å²) in [5, 5.41) is 11.2. The normalized spacial score (nSPS) is 12.1. The van der Waals surface area contributed by atoms with Gasteiger partial charge in [0.2, 0.25) is 6.04 Å². The van der Waals surface area contributed by atoms with E-state index < -0.39 is 6.04 Å². The molecular weight excluding hydrogens is 226 g/mol. The zero-order valence-corrected chi connectivity index (χ0v) is 10.2. The lowest BCUT2D eigenvalue weighted by Gasteiger charge is -2.10. The Bertz CT molecular complexity index is 537. The van der Waals surface area contributed by atoms with Gasteiger partial charge in [0.05, 0.1) is 0 Å². The maximum absolute atomic E-state index is 11.2. The first kappa shape index (κ1) is 12.3. The summed E-state index contributed by atoms with van der Waals surface area (Å²) in [4.78, 5) is 11.0. The molecule has 1 unspecified atom stereocenters. The van der Waals surface area contributed by atoms with Gasteiger partial charge in [0.25, 0.3) is 0 Å². The first-order chi connectivity index (χ1) is 8.66. The average Bonchev–Trinajstić information content (AvgIpc) is 2.37. The molecule has 0 aliphatic carbocycles. The first-order valence-electron chi connectivity index (χ1n) is 5.91. The molecule has 0 heterocycles. The molecule has 0 saturated carbocycles. The van der Waals surface area contributed by atoms with E-state index in [4.69, 9.17) is 0 Å². The number of benzene rings is 2. The maximum atomic E-state index is 11.2. The molecule has 3 nitrogen and oxygen atoms in total. The molecule has 0 aliphatic rings. The van der Waals surface area contributed by atoms with Crippen molar-refractivity contribution in [2.75, 3.05) is 0 Å². The van der Waals surface area contributed by atoms with Crippen LogP contribution < -0.4 is 0 Å². The van der Waals surface area contributed by atoms with Crippen molar-refractivity contribution in [1.29, 1.82) is 0 Å². The van der Waals surface area contributed by atoms with Crippen molar-refractivity contribution in [2.24, 2.45) is 0 Å². The standard InChI is InChI=1S/C15H15NO2/c1-12-6-5-7-13(10-12)11-15(16(17)18)14-8-3-2-4-9-14/h2-10,15H,11H2,1H3. The summed E-state index contributed by atoms with van der Waals surface area (Å²) >= 11 is 0. The monoisotopic (exact) mass is 241 g/mol. The molecule has 0 amide bonds. The van der Waals surface area contributed by atoms with Gasteiger partial charge in [-0.2, -0.15) is 0 Å². The van der Waals surface area contributed by atoms with Crippen LogP contribution in [-0.4, -0.2) is 4.92 Å². The minimum Gasteiger partial charge on any atom is -0.264 e. The van der Waals surface area contributed by atoms with E-state index in [-0.39, 0.29) is 4.92 Å². The molecule has 2 aromatic carbocycles. The summed E-state index contributed by atoms with van der Waals surface area (Å²) in [5.41, 5.74) is 2.88. The molecule has 0 aliphatic heterocycles. The van der Waals surface area contributed by atoms with Crippen LogP contribution in [0.5, 0.6) is 0 Å². The van der Waals surface area contributed by atoms with Crippen molar-refractivity contribution in [3.8, 4) is 0 Å². The van der Waals surface area contributed by atoms with Crippen LogP contribution in [0.25, 0.3) is 0 Å². The van der Waals surface area contributed by atoms with E-state index in [0.29, 0.717) is 6.42 Å². The van der Waals surface area contributed by atoms with Gasteiger partial charge in [-0.3, -0.25) is 10.1 Å². The van der Waals surface area contributed by atoms with Crippen molar-refractivity contribution < 1.29 is 4.92 Å². The predicted molar refractivity (Wildman–Crippen MR) is 71.1 cm³/mol. The second-order valence-electron chi connectivity index (χ2n) is 4.41. The van der Waals surface area contributed by atoms with Gasteiger partial charge in [-0.1, -0.05) is 60.2 Å². The van der Waals surface area contributed by atoms with Gasteiger partial charge in [-0.15, -0.1) is 0 Å². The Balaban J connectivity index is 2.25. The molecular formula is C15H15NO2. The van der Waals surface area contributed by atoms with Crippen molar-refractivity contribution in [2.45, 2.75) is 19.4 Å². The highest BCUT2D eigenvalue weighted by molar-refractivity contribution is 5.25. The smallest absolute Gasteiger partial charge is 0.242 e. The maximum Gasteiger partial charge on any atom is 0.242 e. The van der Waals surface area contributed by atoms with Crippen LogP contribution in [0, 0.1) is 17.0 Å². The van der Waals surface area contributed by atoms with Gasteiger partial charge in [0.1, 0.15) is 0 Å². The van der Waals surface area contributed by atoms with E-state index in [2.05, 4.69) is 0 Å². The quantitative estimate of drug-likeness (QED) is 0.606. The van der Waals surface area contributed by atoms with Crippen molar-refractivity contribution in [1.82, 2.24) is 0 Å². The Morgan fingerprint density at radius 3 is 2.44 bits per heavy atom. The predicted octanol–water partition coefficient (Wildman–Crippen LogP) is 3.56. The molecule has 92 valence electrons. The molecule has 0 aromatic heterocycles. The summed E-state index contributed by atoms with van der Waals surface area (Å²) in [6, 6.07) is 16.4. The van der Waals surface area contributed by atoms with E-state index >= 15 is 0 Å². The Morgan fingerprint density at radius 2 is 1.83 bits per heavy atom. The third-order valence-electron chi connectivity index (χ3n) is 2.95. The van der Waals surface area contributed by atoms with Crippen molar-refractivity contribution in [3.05, 3.63) is 81.4 Å². The minimum atomic E-state index is -0.673. The number of hydrogen-bond acceptors (Lipinski definition) is 2. The minimum absolute atomic E-state index is 0.211. The lowest BCUT2D eigenvalue weighted by atomic mass is 9.98. The SMILES string of the molecule is Cc1cccc(CC(c2ccccc2)[N+](=O)[O-])c1. The first-order valence-corrected chi connectivity index (χ1v) is 5.91. The second-order valence-corrected chi connectivity index (χ2v) is 4.41. The molecule has 0 saturated heterocycles. The van der Waals surface area contributed by atoms with Crippen LogP contribution in [0.4, 0.5) is 0 Å². The van der Waals surface area contributed by atoms with Crippen LogP contribution in [0.2, 0.25) is 0 Å². The Morgan fingerprint density at radius 1 is 1.11 bits per heavy atom. The van der Waals surface area contributed by atoms with Crippen LogP contribution in [0.1, 0.15) is 22.7 Å². The van der Waals surface area contributed by atoms with Crippen molar-refractivity contribution in [3.63, 3.8) is 0 Å². The van der Waals surface area contributed by atoms with Gasteiger partial charge in [0, 0.05) is 16.9 Å². The number of nitro groups is 1. The van der Waals surface area contributed by atoms with Gasteiger partial charge < -0.3 is 0 Å². The third kappa shape index (κ3) is 2.94. The van der Waals surface area contributed by atoms with Crippen LogP contribution in [0.15, 0.2) is 54.6 Å². The van der Waals surface area contributed by atoms with Crippen LogP contribution in [-0.2, 0) is 6.42 Å². The molecule has 0 spiro atoms. The van der Waals surface area contributed by atoms with Gasteiger partial charge in [0.15, 0.2) is 0 Å². The van der Waals surface area contributed by atoms with Crippen LogP contribution >= 0.6 is 0 Å². The Labute approximate surface area is 106 Å². The fourth-order valence-electron chi connectivity index (χ4n) is 2.05. The summed E-state index contributed by atoms with van der Waals surface area (Å²) in [5.74, 6) is 0. The van der Waals surface area contributed by atoms with E-state index in [1.807, 2.05) is 61.5 Å². The number of hydrogen-bond donors (Lipinski definition) is 0. The fraction of sp³-hybridized carbons (Fsp3) is 0.200. The molecule has 0 fully saturated rings. The largest absolute Gasteiger partial charge is 0.264 e. The molecule has 0 N–H and O–H groups in total. The van der Waals surface area contributed by atoms with Crippen LogP contribution in [0.3, 0.4) is 0 Å². The Hall–Kier alpha value is -2.16. The topological polar surface area (TPSA) is 43.1 Å². The van der Waals surface area contributed by atoms with Gasteiger partial charge in [-0.25, -0.2) is 0 Å². The molecule has 1 atom stereocenters. The van der Waals surface area contributed by atoms with Gasteiger partial charge in [-0.05, 0) is 12.5 Å². The molecule has 0 bridgehead atoms. The number of nitrogens with zero attached hydrogens (tertiary/aromatic N) is 1. The highest BCUT2D eigenvalue weighted by Crippen LogP contribution is 2.21. The van der Waals surface area contributed by atoms with E-state index in [1.54, 1.807) is 0 Å². The van der Waals surface area contributed by atoms with E-state index in [1.165, 1.54) is 0 Å². The summed E-state index contributed by atoms with van der Waals surface area (Å²) in [6.45, 7) is 1.99. The lowest BCUT2D eigenvalue weighted by Crippen LogP contribution is -2.13. The molecule has 18 heavy (non-hydrogen) atoms. The van der Waals surface area contributed by atoms with E-state index in [0.717, 1.165) is 16.7 Å². The Kier molecular flexibility index (Phi) is 3.72. The highest BCUT2D eigenvalue weighted by Gasteiger charge is 2.22. The zero-order chi connectivity index (χ0) is 13.0. The molecule has 2 rings (SSSR count). The number of aryl methyl sites for hydroxylation is 1. The van der Waals surface area contributed by atoms with E-state index in [9.17, 15) is 10.1 Å². The second kappa shape index (κ2) is 5.45. The summed E-state index contributed by atoms with van der Waals surface area (Å²) in [7, 11) is 0. The molecule has 0 radical (unpaired) electrons.